The summed E-state index contributed by atoms with van der Waals surface area (Å²) in [5, 5.41) is 8.21. The highest BCUT2D eigenvalue weighted by Crippen LogP contribution is 2.24. The van der Waals surface area contributed by atoms with Crippen LogP contribution in [-0.2, 0) is 0 Å². The van der Waals surface area contributed by atoms with Crippen LogP contribution in [0, 0.1) is 5.92 Å². The fourth-order valence-corrected chi connectivity index (χ4v) is 3.40. The van der Waals surface area contributed by atoms with Gasteiger partial charge in [-0.25, -0.2) is 0 Å². The molecule has 0 radical (unpaired) electrons. The maximum atomic E-state index is 3.76. The van der Waals surface area contributed by atoms with Crippen LogP contribution in [0.2, 0.25) is 0 Å². The second kappa shape index (κ2) is 5.83. The van der Waals surface area contributed by atoms with E-state index in [1.165, 1.54) is 31.2 Å². The van der Waals surface area contributed by atoms with Gasteiger partial charge in [0.2, 0.25) is 0 Å². The lowest BCUT2D eigenvalue weighted by Crippen LogP contribution is -2.39. The van der Waals surface area contributed by atoms with Gasteiger partial charge in [0.05, 0.1) is 0 Å². The smallest absolute Gasteiger partial charge is 0.00929 e. The Hall–Kier alpha value is -0.340. The van der Waals surface area contributed by atoms with Gasteiger partial charge in [0.25, 0.3) is 0 Å². The van der Waals surface area contributed by atoms with Gasteiger partial charge in [0, 0.05) is 12.6 Å². The van der Waals surface area contributed by atoms with E-state index in [1.54, 1.807) is 11.3 Å². The van der Waals surface area contributed by atoms with Gasteiger partial charge in [-0.2, -0.15) is 11.3 Å². The van der Waals surface area contributed by atoms with E-state index in [0.717, 1.165) is 18.5 Å². The van der Waals surface area contributed by atoms with Gasteiger partial charge in [-0.05, 0) is 47.1 Å². The highest BCUT2D eigenvalue weighted by Gasteiger charge is 2.21. The summed E-state index contributed by atoms with van der Waals surface area (Å²) in [7, 11) is 0. The summed E-state index contributed by atoms with van der Waals surface area (Å²) in [6.07, 6.45) is 5.62. The molecule has 16 heavy (non-hydrogen) atoms. The van der Waals surface area contributed by atoms with Crippen molar-refractivity contribution in [3.8, 4) is 0 Å². The molecule has 1 heterocycles. The fourth-order valence-electron chi connectivity index (χ4n) is 2.62. The number of hydrogen-bond donors (Lipinski definition) is 1. The Morgan fingerprint density at radius 2 is 2.25 bits per heavy atom. The van der Waals surface area contributed by atoms with Crippen LogP contribution in [-0.4, -0.2) is 12.6 Å². The summed E-state index contributed by atoms with van der Waals surface area (Å²) in [5.74, 6) is 1.52. The topological polar surface area (TPSA) is 12.0 Å². The number of rotatable bonds is 4. The van der Waals surface area contributed by atoms with Crippen LogP contribution in [0.25, 0.3) is 0 Å². The van der Waals surface area contributed by atoms with Crippen LogP contribution in [0.5, 0.6) is 0 Å². The Balaban J connectivity index is 1.78. The van der Waals surface area contributed by atoms with Crippen LogP contribution in [0.3, 0.4) is 0 Å². The van der Waals surface area contributed by atoms with Crippen molar-refractivity contribution in [1.29, 1.82) is 0 Å². The molecule has 0 saturated heterocycles. The van der Waals surface area contributed by atoms with Gasteiger partial charge in [0.15, 0.2) is 0 Å². The maximum Gasteiger partial charge on any atom is 0.00929 e. The molecule has 2 rings (SSSR count). The predicted octanol–water partition coefficient (Wildman–Crippen LogP) is 4.02. The first-order valence-corrected chi connectivity index (χ1v) is 7.47. The van der Waals surface area contributed by atoms with Gasteiger partial charge < -0.3 is 5.32 Å². The second-order valence-electron chi connectivity index (χ2n) is 5.23. The molecule has 90 valence electrons. The van der Waals surface area contributed by atoms with Crippen LogP contribution in [0.4, 0.5) is 0 Å². The van der Waals surface area contributed by atoms with E-state index in [9.17, 15) is 0 Å². The van der Waals surface area contributed by atoms with E-state index in [1.807, 2.05) is 0 Å². The van der Waals surface area contributed by atoms with Crippen LogP contribution < -0.4 is 5.32 Å². The first-order valence-electron chi connectivity index (χ1n) is 6.53. The Bertz CT molecular complexity index is 294. The molecule has 0 spiro atoms. The van der Waals surface area contributed by atoms with E-state index in [4.69, 9.17) is 0 Å². The first kappa shape index (κ1) is 12.1. The van der Waals surface area contributed by atoms with Gasteiger partial charge in [-0.15, -0.1) is 0 Å². The van der Waals surface area contributed by atoms with Gasteiger partial charge in [-0.1, -0.05) is 26.7 Å². The third-order valence-electron chi connectivity index (χ3n) is 3.91. The lowest BCUT2D eigenvalue weighted by molar-refractivity contribution is 0.278. The zero-order valence-corrected chi connectivity index (χ0v) is 11.2. The summed E-state index contributed by atoms with van der Waals surface area (Å²) in [6, 6.07) is 3.01. The fraction of sp³-hybridized carbons (Fsp3) is 0.714. The molecule has 1 fully saturated rings. The van der Waals surface area contributed by atoms with E-state index in [-0.39, 0.29) is 0 Å². The Morgan fingerprint density at radius 1 is 1.44 bits per heavy atom. The minimum atomic E-state index is 0.653. The first-order chi connectivity index (χ1) is 7.77. The van der Waals surface area contributed by atoms with Gasteiger partial charge in [-0.3, -0.25) is 0 Å². The van der Waals surface area contributed by atoms with Crippen molar-refractivity contribution >= 4 is 11.3 Å². The normalized spacial score (nSPS) is 27.9. The summed E-state index contributed by atoms with van der Waals surface area (Å²) >= 11 is 1.80. The molecule has 2 heteroatoms. The van der Waals surface area contributed by atoms with Crippen molar-refractivity contribution in [1.82, 2.24) is 5.32 Å². The Morgan fingerprint density at radius 3 is 2.94 bits per heavy atom. The SMILES string of the molecule is CC(CNC1CCCCC1C)c1ccsc1. The average Bonchev–Trinajstić information content (AvgIpc) is 2.81. The van der Waals surface area contributed by atoms with Crippen molar-refractivity contribution in [2.24, 2.45) is 5.92 Å². The summed E-state index contributed by atoms with van der Waals surface area (Å²) in [4.78, 5) is 0. The van der Waals surface area contributed by atoms with Crippen molar-refractivity contribution in [3.05, 3.63) is 22.4 Å². The van der Waals surface area contributed by atoms with Crippen molar-refractivity contribution in [3.63, 3.8) is 0 Å². The summed E-state index contributed by atoms with van der Waals surface area (Å²) < 4.78 is 0. The average molecular weight is 237 g/mol. The molecule has 3 unspecified atom stereocenters. The van der Waals surface area contributed by atoms with E-state index < -0.39 is 0 Å². The molecule has 1 aromatic rings. The van der Waals surface area contributed by atoms with Crippen molar-refractivity contribution < 1.29 is 0 Å². The lowest BCUT2D eigenvalue weighted by Gasteiger charge is -2.30. The molecule has 0 aromatic carbocycles. The molecule has 1 nitrogen and oxygen atoms in total. The van der Waals surface area contributed by atoms with Crippen molar-refractivity contribution in [2.45, 2.75) is 51.5 Å². The molecular weight excluding hydrogens is 214 g/mol. The van der Waals surface area contributed by atoms with Gasteiger partial charge >= 0.3 is 0 Å². The van der Waals surface area contributed by atoms with Crippen LogP contribution >= 0.6 is 11.3 Å². The molecule has 0 amide bonds. The Kier molecular flexibility index (Phi) is 4.42. The molecule has 3 atom stereocenters. The van der Waals surface area contributed by atoms with E-state index >= 15 is 0 Å². The quantitative estimate of drug-likeness (QED) is 0.834. The van der Waals surface area contributed by atoms with Crippen LogP contribution in [0.15, 0.2) is 16.8 Å². The molecule has 1 aliphatic rings. The lowest BCUT2D eigenvalue weighted by atomic mass is 9.85. The molecular formula is C14H23NS. The molecule has 1 aliphatic carbocycles. The zero-order valence-electron chi connectivity index (χ0n) is 10.4. The van der Waals surface area contributed by atoms with E-state index in [0.29, 0.717) is 5.92 Å². The third-order valence-corrected chi connectivity index (χ3v) is 4.61. The molecule has 0 aliphatic heterocycles. The number of hydrogen-bond acceptors (Lipinski definition) is 2. The molecule has 1 saturated carbocycles. The zero-order chi connectivity index (χ0) is 11.4. The minimum Gasteiger partial charge on any atom is -0.313 e. The van der Waals surface area contributed by atoms with Crippen LogP contribution in [0.1, 0.15) is 51.0 Å². The third kappa shape index (κ3) is 3.08. The Labute approximate surface area is 103 Å². The van der Waals surface area contributed by atoms with Gasteiger partial charge in [0.1, 0.15) is 0 Å². The number of thiophene rings is 1. The maximum absolute atomic E-state index is 3.76. The minimum absolute atomic E-state index is 0.653. The molecule has 1 N–H and O–H groups in total. The van der Waals surface area contributed by atoms with Crippen molar-refractivity contribution in [2.75, 3.05) is 6.54 Å². The second-order valence-corrected chi connectivity index (χ2v) is 6.01. The van der Waals surface area contributed by atoms with E-state index in [2.05, 4.69) is 36.0 Å². The summed E-state index contributed by atoms with van der Waals surface area (Å²) in [6.45, 7) is 5.85. The monoisotopic (exact) mass is 237 g/mol. The standard InChI is InChI=1S/C14H23NS/c1-11-5-3-4-6-14(11)15-9-12(2)13-7-8-16-10-13/h7-8,10-12,14-15H,3-6,9H2,1-2H3. The highest BCUT2D eigenvalue weighted by atomic mass is 32.1. The largest absolute Gasteiger partial charge is 0.313 e. The summed E-state index contributed by atoms with van der Waals surface area (Å²) in [5.41, 5.74) is 1.49. The molecule has 1 aromatic heterocycles. The molecule has 0 bridgehead atoms. The number of nitrogens with one attached hydrogen (secondary N) is 1. The highest BCUT2D eigenvalue weighted by molar-refractivity contribution is 7.07. The predicted molar refractivity (Wildman–Crippen MR) is 72.2 cm³/mol.